The number of hydrogen-bond acceptors (Lipinski definition) is 12. The number of aryl methyl sites for hydroxylation is 1. The SMILES string of the molecule is COC(=O)OC1=CN(CCCCCC(=O)O)C2=N/C(=C\C=C\C3=Nc4c(cc(OC(=O)OC)c[n+]4CCCS(=O)(=O)O)C3(C)C)C(C)(C)C2=C1. The van der Waals surface area contributed by atoms with Gasteiger partial charge in [-0.15, -0.1) is 0 Å². The second-order valence-electron chi connectivity index (χ2n) is 12.9. The summed E-state index contributed by atoms with van der Waals surface area (Å²) in [5, 5.41) is 8.97. The Hall–Kier alpha value is -4.83. The lowest BCUT2D eigenvalue weighted by Crippen LogP contribution is -2.36. The monoisotopic (exact) mass is 715 g/mol. The first-order valence-electron chi connectivity index (χ1n) is 16.0. The van der Waals surface area contributed by atoms with Crippen LogP contribution in [0.4, 0.5) is 15.4 Å². The average Bonchev–Trinajstić information content (AvgIpc) is 3.44. The molecule has 0 aromatic carbocycles. The Morgan fingerprint density at radius 1 is 0.980 bits per heavy atom. The fourth-order valence-corrected chi connectivity index (χ4v) is 6.28. The number of pyridine rings is 1. The number of hydrogen-bond donors (Lipinski definition) is 2. The molecule has 0 bridgehead atoms. The van der Waals surface area contributed by atoms with Crippen LogP contribution in [0.2, 0.25) is 0 Å². The summed E-state index contributed by atoms with van der Waals surface area (Å²) >= 11 is 0. The Balaban J connectivity index is 1.63. The number of carboxylic acid groups (broad SMARTS) is 1. The summed E-state index contributed by atoms with van der Waals surface area (Å²) in [6, 6.07) is 1.69. The van der Waals surface area contributed by atoms with Crippen molar-refractivity contribution in [2.45, 2.75) is 71.8 Å². The number of ether oxygens (including phenoxy) is 4. The van der Waals surface area contributed by atoms with Gasteiger partial charge in [0.2, 0.25) is 0 Å². The number of nitrogens with zero attached hydrogens (tertiary/aromatic N) is 4. The number of amidine groups is 1. The number of methoxy groups -OCH3 is 2. The maximum absolute atomic E-state index is 11.9. The number of allylic oxidation sites excluding steroid dienone is 5. The number of carboxylic acids is 1. The second kappa shape index (κ2) is 15.4. The molecule has 0 radical (unpaired) electrons. The van der Waals surface area contributed by atoms with Gasteiger partial charge in [-0.2, -0.15) is 8.42 Å². The van der Waals surface area contributed by atoms with E-state index in [0.717, 1.165) is 16.8 Å². The van der Waals surface area contributed by atoms with E-state index in [2.05, 4.69) is 9.47 Å². The van der Waals surface area contributed by atoms with Crippen LogP contribution in [-0.4, -0.2) is 79.3 Å². The molecule has 50 heavy (non-hydrogen) atoms. The lowest BCUT2D eigenvalue weighted by atomic mass is 9.81. The first-order chi connectivity index (χ1) is 23.5. The van der Waals surface area contributed by atoms with Crippen molar-refractivity contribution in [2.24, 2.45) is 15.4 Å². The van der Waals surface area contributed by atoms with Gasteiger partial charge in [-0.3, -0.25) is 9.35 Å². The van der Waals surface area contributed by atoms with Crippen molar-refractivity contribution in [1.82, 2.24) is 4.90 Å². The van der Waals surface area contributed by atoms with E-state index in [9.17, 15) is 27.4 Å². The number of fused-ring (bicyclic) bond motifs is 2. The summed E-state index contributed by atoms with van der Waals surface area (Å²) in [6.07, 6.45) is 10.9. The molecular formula is C34H43N4O11S+. The normalized spacial score (nSPS) is 18.1. The summed E-state index contributed by atoms with van der Waals surface area (Å²) in [7, 11) is -1.76. The lowest BCUT2D eigenvalue weighted by molar-refractivity contribution is -0.684. The predicted octanol–water partition coefficient (Wildman–Crippen LogP) is 5.15. The number of carbonyl (C=O) groups excluding carboxylic acids is 2. The van der Waals surface area contributed by atoms with Crippen LogP contribution in [0.3, 0.4) is 0 Å². The third-order valence-electron chi connectivity index (χ3n) is 8.58. The summed E-state index contributed by atoms with van der Waals surface area (Å²) < 4.78 is 53.6. The predicted molar refractivity (Wildman–Crippen MR) is 182 cm³/mol. The van der Waals surface area contributed by atoms with Gasteiger partial charge < -0.3 is 29.0 Å². The molecule has 0 atom stereocenters. The first-order valence-corrected chi connectivity index (χ1v) is 17.6. The largest absolute Gasteiger partial charge is 0.513 e. The van der Waals surface area contributed by atoms with E-state index in [-0.39, 0.29) is 25.1 Å². The van der Waals surface area contributed by atoms with Crippen molar-refractivity contribution in [3.63, 3.8) is 0 Å². The minimum absolute atomic E-state index is 0.0918. The number of unbranched alkanes of at least 4 members (excludes halogenated alkanes) is 2. The molecular weight excluding hydrogens is 672 g/mol. The van der Waals surface area contributed by atoms with Gasteiger partial charge in [0.15, 0.2) is 17.2 Å². The van der Waals surface area contributed by atoms with Crippen molar-refractivity contribution >= 4 is 45.8 Å². The Morgan fingerprint density at radius 3 is 2.34 bits per heavy atom. The van der Waals surface area contributed by atoms with Crippen LogP contribution in [-0.2, 0) is 41.1 Å². The van der Waals surface area contributed by atoms with Crippen LogP contribution >= 0.6 is 0 Å². The smallest absolute Gasteiger partial charge is 0.481 e. The molecule has 15 nitrogen and oxygen atoms in total. The highest BCUT2D eigenvalue weighted by Gasteiger charge is 2.44. The van der Waals surface area contributed by atoms with Crippen LogP contribution in [0.1, 0.15) is 65.4 Å². The minimum Gasteiger partial charge on any atom is -0.481 e. The summed E-state index contributed by atoms with van der Waals surface area (Å²) in [6.45, 7) is 8.63. The molecule has 0 amide bonds. The zero-order chi connectivity index (χ0) is 36.9. The molecule has 16 heteroatoms. The molecule has 0 saturated heterocycles. The quantitative estimate of drug-likeness (QED) is 0.111. The number of aromatic nitrogens is 1. The summed E-state index contributed by atoms with van der Waals surface area (Å²) in [4.78, 5) is 46.5. The van der Waals surface area contributed by atoms with Crippen molar-refractivity contribution in [3.8, 4) is 5.75 Å². The summed E-state index contributed by atoms with van der Waals surface area (Å²) in [5.74, 6) is 0.437. The molecule has 0 fully saturated rings. The highest BCUT2D eigenvalue weighted by Crippen LogP contribution is 2.45. The maximum Gasteiger partial charge on any atom is 0.513 e. The molecule has 3 aliphatic rings. The number of aliphatic imine (C=N–C) groups is 2. The Kier molecular flexibility index (Phi) is 11.7. The van der Waals surface area contributed by atoms with Gasteiger partial charge in [-0.05, 0) is 56.0 Å². The molecule has 1 aromatic rings. The molecule has 0 saturated carbocycles. The molecule has 3 aliphatic heterocycles. The van der Waals surface area contributed by atoms with E-state index in [0.29, 0.717) is 48.9 Å². The van der Waals surface area contributed by atoms with Gasteiger partial charge in [0, 0.05) is 36.6 Å². The van der Waals surface area contributed by atoms with Crippen molar-refractivity contribution in [3.05, 3.63) is 65.4 Å². The van der Waals surface area contributed by atoms with Crippen LogP contribution in [0.5, 0.6) is 5.75 Å². The molecule has 4 heterocycles. The minimum atomic E-state index is -4.18. The zero-order valence-corrected chi connectivity index (χ0v) is 29.8. The number of aliphatic carboxylic acids is 1. The standard InChI is InChI=1S/C34H42N4O11S/c1-33(2)24-18-22(48-31(41)46-5)20-37(15-9-7-8-14-28(39)40)29(24)35-26(33)12-10-13-27-34(3,4)25-19-23(49-32(42)47-6)21-38(30(25)36-27)16-11-17-50(43,44)45/h10,12-13,18-21H,7-9,11,14-17H2,1-6H3,(H-,39,40,43,44,45)/p+1. The van der Waals surface area contributed by atoms with Gasteiger partial charge in [0.1, 0.15) is 12.0 Å². The molecule has 1 aromatic heterocycles. The Bertz CT molecular complexity index is 1840. The van der Waals surface area contributed by atoms with E-state index in [1.807, 2.05) is 50.8 Å². The van der Waals surface area contributed by atoms with Gasteiger partial charge in [0.05, 0.1) is 43.2 Å². The molecule has 4 rings (SSSR count). The van der Waals surface area contributed by atoms with E-state index >= 15 is 0 Å². The Labute approximate surface area is 291 Å². The van der Waals surface area contributed by atoms with Crippen LogP contribution < -0.4 is 9.30 Å². The molecule has 0 aliphatic carbocycles. The highest BCUT2D eigenvalue weighted by atomic mass is 32.2. The number of carbonyl (C=O) groups is 3. The zero-order valence-electron chi connectivity index (χ0n) is 29.0. The fraction of sp³-hybridized carbons (Fsp3) is 0.471. The van der Waals surface area contributed by atoms with Crippen LogP contribution in [0.25, 0.3) is 0 Å². The van der Waals surface area contributed by atoms with E-state index in [4.69, 9.17) is 24.6 Å². The first kappa shape index (κ1) is 38.0. The lowest BCUT2D eigenvalue weighted by Gasteiger charge is -2.30. The maximum atomic E-state index is 11.9. The fourth-order valence-electron chi connectivity index (χ4n) is 5.78. The molecule has 0 unspecified atom stereocenters. The highest BCUT2D eigenvalue weighted by molar-refractivity contribution is 7.85. The average molecular weight is 716 g/mol. The van der Waals surface area contributed by atoms with Crippen LogP contribution in [0, 0.1) is 5.41 Å². The van der Waals surface area contributed by atoms with Crippen LogP contribution in [0.15, 0.2) is 69.8 Å². The van der Waals surface area contributed by atoms with Crippen molar-refractivity contribution < 1.29 is 56.0 Å². The number of rotatable bonds is 14. The van der Waals surface area contributed by atoms with E-state index < -0.39 is 45.0 Å². The topological polar surface area (TPSA) is 195 Å². The molecule has 270 valence electrons. The van der Waals surface area contributed by atoms with Gasteiger partial charge in [0.25, 0.3) is 10.1 Å². The van der Waals surface area contributed by atoms with Gasteiger partial charge in [-0.1, -0.05) is 26.3 Å². The van der Waals surface area contributed by atoms with Crippen molar-refractivity contribution in [2.75, 3.05) is 26.5 Å². The Morgan fingerprint density at radius 2 is 1.68 bits per heavy atom. The second-order valence-corrected chi connectivity index (χ2v) is 14.5. The van der Waals surface area contributed by atoms with E-state index in [1.54, 1.807) is 22.9 Å². The van der Waals surface area contributed by atoms with Gasteiger partial charge >= 0.3 is 24.1 Å². The third kappa shape index (κ3) is 9.04. The van der Waals surface area contributed by atoms with Crippen molar-refractivity contribution in [1.29, 1.82) is 0 Å². The van der Waals surface area contributed by atoms with E-state index in [1.165, 1.54) is 20.4 Å². The molecule has 0 spiro atoms. The molecule has 2 N–H and O–H groups in total. The third-order valence-corrected chi connectivity index (χ3v) is 9.38. The van der Waals surface area contributed by atoms with Gasteiger partial charge in [-0.25, -0.2) is 19.1 Å². The summed E-state index contributed by atoms with van der Waals surface area (Å²) in [5.41, 5.74) is 1.74.